The van der Waals surface area contributed by atoms with Gasteiger partial charge in [-0.15, -0.1) is 0 Å². The first-order chi connectivity index (χ1) is 8.79. The van der Waals surface area contributed by atoms with Gasteiger partial charge in [-0.25, -0.2) is 4.98 Å². The second-order valence-corrected chi connectivity index (χ2v) is 3.94. The van der Waals surface area contributed by atoms with E-state index in [4.69, 9.17) is 4.74 Å². The summed E-state index contributed by atoms with van der Waals surface area (Å²) in [4.78, 5) is 4.20. The molecule has 0 fully saturated rings. The molecule has 0 aliphatic heterocycles. The maximum atomic E-state index is 5.29. The lowest BCUT2D eigenvalue weighted by Crippen LogP contribution is -2.08. The van der Waals surface area contributed by atoms with Crippen LogP contribution in [0.1, 0.15) is 12.6 Å². The van der Waals surface area contributed by atoms with Crippen molar-refractivity contribution in [1.29, 1.82) is 0 Å². The average Bonchev–Trinajstić information content (AvgIpc) is 2.78. The standard InChI is InChI=1S/C13H18N4O/c1-3-18-13-5-4-11(10-15-13)14-8-6-12-7-9-16-17(12)2/h4-5,7,9-10,14H,3,6,8H2,1-2H3. The number of aryl methyl sites for hydroxylation is 1. The van der Waals surface area contributed by atoms with Crippen molar-refractivity contribution in [2.75, 3.05) is 18.5 Å². The first-order valence-corrected chi connectivity index (χ1v) is 6.09. The summed E-state index contributed by atoms with van der Waals surface area (Å²) >= 11 is 0. The highest BCUT2D eigenvalue weighted by molar-refractivity contribution is 5.42. The van der Waals surface area contributed by atoms with Crippen LogP contribution in [0.15, 0.2) is 30.6 Å². The maximum absolute atomic E-state index is 5.29. The molecule has 0 saturated heterocycles. The summed E-state index contributed by atoms with van der Waals surface area (Å²) in [7, 11) is 1.95. The number of anilines is 1. The van der Waals surface area contributed by atoms with E-state index in [0.29, 0.717) is 12.5 Å². The summed E-state index contributed by atoms with van der Waals surface area (Å²) < 4.78 is 7.18. The Bertz CT molecular complexity index is 478. The minimum absolute atomic E-state index is 0.639. The molecule has 18 heavy (non-hydrogen) atoms. The van der Waals surface area contributed by atoms with Gasteiger partial charge in [0.05, 0.1) is 18.5 Å². The molecule has 0 aromatic carbocycles. The van der Waals surface area contributed by atoms with Crippen molar-refractivity contribution in [2.45, 2.75) is 13.3 Å². The van der Waals surface area contributed by atoms with E-state index in [0.717, 1.165) is 18.7 Å². The van der Waals surface area contributed by atoms with Crippen LogP contribution in [0.5, 0.6) is 5.88 Å². The zero-order valence-electron chi connectivity index (χ0n) is 10.8. The zero-order chi connectivity index (χ0) is 12.8. The molecule has 5 heteroatoms. The van der Waals surface area contributed by atoms with E-state index in [9.17, 15) is 0 Å². The number of aromatic nitrogens is 3. The smallest absolute Gasteiger partial charge is 0.213 e. The van der Waals surface area contributed by atoms with Crippen molar-refractivity contribution in [1.82, 2.24) is 14.8 Å². The van der Waals surface area contributed by atoms with Crippen LogP contribution in [0.3, 0.4) is 0 Å². The van der Waals surface area contributed by atoms with Crippen molar-refractivity contribution in [3.8, 4) is 5.88 Å². The molecule has 0 spiro atoms. The lowest BCUT2D eigenvalue weighted by atomic mass is 10.3. The van der Waals surface area contributed by atoms with Crippen LogP contribution >= 0.6 is 0 Å². The molecule has 96 valence electrons. The fourth-order valence-corrected chi connectivity index (χ4v) is 1.70. The first kappa shape index (κ1) is 12.4. The summed E-state index contributed by atoms with van der Waals surface area (Å²) in [6, 6.07) is 5.87. The van der Waals surface area contributed by atoms with Crippen LogP contribution in [-0.2, 0) is 13.5 Å². The number of hydrogen-bond donors (Lipinski definition) is 1. The normalized spacial score (nSPS) is 10.3. The molecule has 2 rings (SSSR count). The van der Waals surface area contributed by atoms with Gasteiger partial charge in [0.1, 0.15) is 0 Å². The number of ether oxygens (including phenoxy) is 1. The Morgan fingerprint density at radius 3 is 2.83 bits per heavy atom. The van der Waals surface area contributed by atoms with E-state index in [1.807, 2.05) is 43.0 Å². The van der Waals surface area contributed by atoms with E-state index in [2.05, 4.69) is 15.4 Å². The van der Waals surface area contributed by atoms with Gasteiger partial charge in [-0.05, 0) is 19.1 Å². The van der Waals surface area contributed by atoms with Gasteiger partial charge in [-0.1, -0.05) is 0 Å². The van der Waals surface area contributed by atoms with Gasteiger partial charge in [0.15, 0.2) is 0 Å². The van der Waals surface area contributed by atoms with E-state index in [1.165, 1.54) is 5.69 Å². The van der Waals surface area contributed by atoms with Crippen LogP contribution in [0.25, 0.3) is 0 Å². The molecule has 2 aromatic heterocycles. The number of rotatable bonds is 6. The molecule has 0 amide bonds. The summed E-state index contributed by atoms with van der Waals surface area (Å²) in [6.07, 6.45) is 4.53. The van der Waals surface area contributed by atoms with Crippen LogP contribution < -0.4 is 10.1 Å². The Balaban J connectivity index is 1.81. The predicted octanol–water partition coefficient (Wildman–Crippen LogP) is 1.87. The molecule has 0 aliphatic carbocycles. The molecule has 0 saturated carbocycles. The fourth-order valence-electron chi connectivity index (χ4n) is 1.70. The van der Waals surface area contributed by atoms with Gasteiger partial charge in [0, 0.05) is 38.0 Å². The molecule has 1 N–H and O–H groups in total. The summed E-state index contributed by atoms with van der Waals surface area (Å²) in [5, 5.41) is 7.45. The van der Waals surface area contributed by atoms with Gasteiger partial charge < -0.3 is 10.1 Å². The molecule has 0 bridgehead atoms. The largest absolute Gasteiger partial charge is 0.478 e. The van der Waals surface area contributed by atoms with E-state index in [1.54, 1.807) is 6.20 Å². The third-order valence-electron chi connectivity index (χ3n) is 2.66. The third kappa shape index (κ3) is 3.23. The van der Waals surface area contributed by atoms with Crippen LogP contribution in [0, 0.1) is 0 Å². The van der Waals surface area contributed by atoms with Gasteiger partial charge in [-0.2, -0.15) is 5.10 Å². The molecular weight excluding hydrogens is 228 g/mol. The van der Waals surface area contributed by atoms with Gasteiger partial charge in [0.25, 0.3) is 0 Å². The summed E-state index contributed by atoms with van der Waals surface area (Å²) in [5.41, 5.74) is 2.21. The second kappa shape index (κ2) is 6.05. The Hall–Kier alpha value is -2.04. The lowest BCUT2D eigenvalue weighted by Gasteiger charge is -2.07. The van der Waals surface area contributed by atoms with Crippen molar-refractivity contribution < 1.29 is 4.74 Å². The highest BCUT2D eigenvalue weighted by Gasteiger charge is 1.99. The van der Waals surface area contributed by atoms with Gasteiger partial charge in [-0.3, -0.25) is 4.68 Å². The molecular formula is C13H18N4O. The number of hydrogen-bond acceptors (Lipinski definition) is 4. The van der Waals surface area contributed by atoms with Crippen LogP contribution in [0.2, 0.25) is 0 Å². The van der Waals surface area contributed by atoms with Crippen molar-refractivity contribution in [3.63, 3.8) is 0 Å². The minimum atomic E-state index is 0.639. The Morgan fingerprint density at radius 2 is 2.22 bits per heavy atom. The van der Waals surface area contributed by atoms with E-state index >= 15 is 0 Å². The molecule has 0 aliphatic rings. The zero-order valence-corrected chi connectivity index (χ0v) is 10.8. The molecule has 2 heterocycles. The first-order valence-electron chi connectivity index (χ1n) is 6.09. The lowest BCUT2D eigenvalue weighted by molar-refractivity contribution is 0.327. The highest BCUT2D eigenvalue weighted by Crippen LogP contribution is 2.11. The molecule has 2 aromatic rings. The highest BCUT2D eigenvalue weighted by atomic mass is 16.5. The maximum Gasteiger partial charge on any atom is 0.213 e. The second-order valence-electron chi connectivity index (χ2n) is 3.94. The molecule has 0 unspecified atom stereocenters. The topological polar surface area (TPSA) is 52.0 Å². The predicted molar refractivity (Wildman–Crippen MR) is 70.8 cm³/mol. The van der Waals surface area contributed by atoms with Crippen LogP contribution in [0.4, 0.5) is 5.69 Å². The number of nitrogens with one attached hydrogen (secondary N) is 1. The monoisotopic (exact) mass is 246 g/mol. The molecule has 0 atom stereocenters. The van der Waals surface area contributed by atoms with E-state index in [-0.39, 0.29) is 0 Å². The fraction of sp³-hybridized carbons (Fsp3) is 0.385. The van der Waals surface area contributed by atoms with Crippen molar-refractivity contribution in [3.05, 3.63) is 36.3 Å². The van der Waals surface area contributed by atoms with Crippen LogP contribution in [-0.4, -0.2) is 27.9 Å². The Morgan fingerprint density at radius 1 is 1.33 bits per heavy atom. The van der Waals surface area contributed by atoms with Crippen molar-refractivity contribution in [2.24, 2.45) is 7.05 Å². The van der Waals surface area contributed by atoms with Gasteiger partial charge >= 0.3 is 0 Å². The molecule has 5 nitrogen and oxygen atoms in total. The van der Waals surface area contributed by atoms with Crippen molar-refractivity contribution >= 4 is 5.69 Å². The summed E-state index contributed by atoms with van der Waals surface area (Å²) in [6.45, 7) is 3.44. The summed E-state index contributed by atoms with van der Waals surface area (Å²) in [5.74, 6) is 0.662. The SMILES string of the molecule is CCOc1ccc(NCCc2ccnn2C)cn1. The average molecular weight is 246 g/mol. The quantitative estimate of drug-likeness (QED) is 0.845. The Kier molecular flexibility index (Phi) is 4.17. The third-order valence-corrected chi connectivity index (χ3v) is 2.66. The molecule has 0 radical (unpaired) electrons. The van der Waals surface area contributed by atoms with E-state index < -0.39 is 0 Å². The number of pyridine rings is 1. The van der Waals surface area contributed by atoms with Gasteiger partial charge in [0.2, 0.25) is 5.88 Å². The Labute approximate surface area is 107 Å². The number of nitrogens with zero attached hydrogens (tertiary/aromatic N) is 3. The minimum Gasteiger partial charge on any atom is -0.478 e.